The molecule has 0 saturated carbocycles. The highest BCUT2D eigenvalue weighted by Crippen LogP contribution is 2.34. The Bertz CT molecular complexity index is 1340. The van der Waals surface area contributed by atoms with Gasteiger partial charge in [-0.3, -0.25) is 4.79 Å². The Morgan fingerprint density at radius 2 is 1.75 bits per heavy atom. The molecule has 5 nitrogen and oxygen atoms in total. The zero-order valence-electron chi connectivity index (χ0n) is 17.5. The third kappa shape index (κ3) is 3.80. The predicted molar refractivity (Wildman–Crippen MR) is 119 cm³/mol. The Balaban J connectivity index is 1.50. The summed E-state index contributed by atoms with van der Waals surface area (Å²) in [6.07, 6.45) is 2.15. The molecular weight excluding hydrogens is 411 g/mol. The Kier molecular flexibility index (Phi) is 5.27. The SMILES string of the molecule is CCc1cc2c(=O)c(-c3ccc4c(c3)OCCO4)coc2cc1OCc1ccc(F)cc1. The van der Waals surface area contributed by atoms with Crippen LogP contribution in [0.15, 0.2) is 70.1 Å². The molecule has 1 aliphatic rings. The maximum absolute atomic E-state index is 13.3. The van der Waals surface area contributed by atoms with Gasteiger partial charge in [0.25, 0.3) is 0 Å². The van der Waals surface area contributed by atoms with Crippen LogP contribution in [-0.2, 0) is 13.0 Å². The van der Waals surface area contributed by atoms with Crippen LogP contribution < -0.4 is 19.6 Å². The summed E-state index contributed by atoms with van der Waals surface area (Å²) in [5.74, 6) is 1.64. The molecule has 2 heterocycles. The fourth-order valence-corrected chi connectivity index (χ4v) is 3.76. The van der Waals surface area contributed by atoms with Crippen molar-refractivity contribution in [3.05, 3.63) is 88.0 Å². The minimum absolute atomic E-state index is 0.122. The lowest BCUT2D eigenvalue weighted by Gasteiger charge is -2.18. The topological polar surface area (TPSA) is 57.9 Å². The molecule has 1 aromatic heterocycles. The Morgan fingerprint density at radius 1 is 0.969 bits per heavy atom. The number of benzene rings is 3. The Morgan fingerprint density at radius 3 is 2.53 bits per heavy atom. The summed E-state index contributed by atoms with van der Waals surface area (Å²) in [5.41, 5.74) is 3.23. The molecule has 0 atom stereocenters. The average molecular weight is 432 g/mol. The number of fused-ring (bicyclic) bond motifs is 2. The molecule has 3 aromatic carbocycles. The molecule has 4 aromatic rings. The number of aryl methyl sites for hydroxylation is 1. The summed E-state index contributed by atoms with van der Waals surface area (Å²) in [4.78, 5) is 13.3. The third-order valence-electron chi connectivity index (χ3n) is 5.50. The lowest BCUT2D eigenvalue weighted by Crippen LogP contribution is -2.15. The molecule has 0 N–H and O–H groups in total. The minimum Gasteiger partial charge on any atom is -0.488 e. The zero-order chi connectivity index (χ0) is 22.1. The largest absolute Gasteiger partial charge is 0.488 e. The van der Waals surface area contributed by atoms with Gasteiger partial charge in [0.05, 0.1) is 10.9 Å². The van der Waals surface area contributed by atoms with Crippen LogP contribution in [0, 0.1) is 5.82 Å². The molecule has 0 fully saturated rings. The monoisotopic (exact) mass is 432 g/mol. The normalized spacial score (nSPS) is 12.7. The summed E-state index contributed by atoms with van der Waals surface area (Å²) in [5, 5.41) is 0.489. The molecule has 6 heteroatoms. The average Bonchev–Trinajstić information content (AvgIpc) is 2.83. The van der Waals surface area contributed by atoms with E-state index in [1.54, 1.807) is 30.3 Å². The maximum Gasteiger partial charge on any atom is 0.200 e. The van der Waals surface area contributed by atoms with Gasteiger partial charge in [-0.15, -0.1) is 0 Å². The molecule has 0 saturated heterocycles. The molecule has 1 aliphatic heterocycles. The van der Waals surface area contributed by atoms with Crippen LogP contribution in [0.4, 0.5) is 4.39 Å². The van der Waals surface area contributed by atoms with Crippen LogP contribution in [0.2, 0.25) is 0 Å². The molecule has 0 amide bonds. The molecule has 32 heavy (non-hydrogen) atoms. The van der Waals surface area contributed by atoms with Gasteiger partial charge in [-0.2, -0.15) is 0 Å². The first-order valence-electron chi connectivity index (χ1n) is 10.5. The molecule has 5 rings (SSSR count). The Labute approximate surface area is 184 Å². The molecular formula is C26H21FO5. The van der Waals surface area contributed by atoms with Crippen molar-refractivity contribution in [1.82, 2.24) is 0 Å². The van der Waals surface area contributed by atoms with Crippen LogP contribution in [0.25, 0.3) is 22.1 Å². The number of hydrogen-bond acceptors (Lipinski definition) is 5. The van der Waals surface area contributed by atoms with Gasteiger partial charge in [0.2, 0.25) is 5.43 Å². The van der Waals surface area contributed by atoms with Crippen molar-refractivity contribution in [3.8, 4) is 28.4 Å². The van der Waals surface area contributed by atoms with E-state index < -0.39 is 0 Å². The quantitative estimate of drug-likeness (QED) is 0.416. The molecule has 0 unspecified atom stereocenters. The highest BCUT2D eigenvalue weighted by molar-refractivity contribution is 5.84. The van der Waals surface area contributed by atoms with Crippen LogP contribution in [-0.4, -0.2) is 13.2 Å². The first kappa shape index (κ1) is 20.1. The third-order valence-corrected chi connectivity index (χ3v) is 5.50. The molecule has 0 aliphatic carbocycles. The summed E-state index contributed by atoms with van der Waals surface area (Å²) in [7, 11) is 0. The number of ether oxygens (including phenoxy) is 3. The van der Waals surface area contributed by atoms with Crippen molar-refractivity contribution in [1.29, 1.82) is 0 Å². The van der Waals surface area contributed by atoms with Crippen LogP contribution in [0.5, 0.6) is 17.2 Å². The van der Waals surface area contributed by atoms with Crippen molar-refractivity contribution in [2.45, 2.75) is 20.0 Å². The van der Waals surface area contributed by atoms with Gasteiger partial charge in [0, 0.05) is 6.07 Å². The second-order valence-electron chi connectivity index (χ2n) is 7.56. The molecule has 0 spiro atoms. The van der Waals surface area contributed by atoms with Gasteiger partial charge < -0.3 is 18.6 Å². The van der Waals surface area contributed by atoms with Gasteiger partial charge in [0.15, 0.2) is 11.5 Å². The van der Waals surface area contributed by atoms with E-state index in [2.05, 4.69) is 0 Å². The fourth-order valence-electron chi connectivity index (χ4n) is 3.76. The summed E-state index contributed by atoms with van der Waals surface area (Å²) >= 11 is 0. The molecule has 0 bridgehead atoms. The highest BCUT2D eigenvalue weighted by atomic mass is 19.1. The standard InChI is InChI=1S/C26H21FO5/c1-2-17-11-20-24(13-23(17)31-14-16-3-6-19(27)7-4-16)32-15-21(26(20)28)18-5-8-22-25(12-18)30-10-9-29-22/h3-8,11-13,15H,2,9-10,14H2,1H3. The van der Waals surface area contributed by atoms with Crippen LogP contribution in [0.1, 0.15) is 18.1 Å². The second-order valence-corrected chi connectivity index (χ2v) is 7.56. The lowest BCUT2D eigenvalue weighted by atomic mass is 10.0. The fraction of sp³-hybridized carbons (Fsp3) is 0.192. The predicted octanol–water partition coefficient (Wildman–Crippen LogP) is 5.51. The van der Waals surface area contributed by atoms with Crippen molar-refractivity contribution in [2.24, 2.45) is 0 Å². The first-order chi connectivity index (χ1) is 15.6. The summed E-state index contributed by atoms with van der Waals surface area (Å²) in [6, 6.07) is 15.2. The van der Waals surface area contributed by atoms with E-state index in [4.69, 9.17) is 18.6 Å². The molecule has 162 valence electrons. The van der Waals surface area contributed by atoms with E-state index in [1.807, 2.05) is 19.1 Å². The van der Waals surface area contributed by atoms with Gasteiger partial charge in [-0.1, -0.05) is 25.1 Å². The number of hydrogen-bond donors (Lipinski definition) is 0. The summed E-state index contributed by atoms with van der Waals surface area (Å²) in [6.45, 7) is 3.27. The minimum atomic E-state index is -0.288. The zero-order valence-corrected chi connectivity index (χ0v) is 17.5. The number of halogens is 1. The van der Waals surface area contributed by atoms with E-state index in [9.17, 15) is 9.18 Å². The van der Waals surface area contributed by atoms with E-state index in [0.717, 1.165) is 11.1 Å². The van der Waals surface area contributed by atoms with Crippen molar-refractivity contribution in [2.75, 3.05) is 13.2 Å². The van der Waals surface area contributed by atoms with Gasteiger partial charge >= 0.3 is 0 Å². The highest BCUT2D eigenvalue weighted by Gasteiger charge is 2.17. The van der Waals surface area contributed by atoms with Gasteiger partial charge in [0.1, 0.15) is 43.2 Å². The van der Waals surface area contributed by atoms with E-state index in [1.165, 1.54) is 18.4 Å². The number of rotatable bonds is 5. The molecule has 0 radical (unpaired) electrons. The van der Waals surface area contributed by atoms with Crippen molar-refractivity contribution in [3.63, 3.8) is 0 Å². The summed E-state index contributed by atoms with van der Waals surface area (Å²) < 4.78 is 36.1. The maximum atomic E-state index is 13.3. The van der Waals surface area contributed by atoms with Crippen LogP contribution >= 0.6 is 0 Å². The first-order valence-corrected chi connectivity index (χ1v) is 10.5. The van der Waals surface area contributed by atoms with Crippen molar-refractivity contribution < 1.29 is 23.0 Å². The Hall–Kier alpha value is -3.80. The lowest BCUT2D eigenvalue weighted by molar-refractivity contribution is 0.171. The van der Waals surface area contributed by atoms with Crippen molar-refractivity contribution >= 4 is 11.0 Å². The second kappa shape index (κ2) is 8.38. The van der Waals surface area contributed by atoms with Gasteiger partial charge in [-0.25, -0.2) is 4.39 Å². The van der Waals surface area contributed by atoms with E-state index in [-0.39, 0.29) is 17.9 Å². The van der Waals surface area contributed by atoms with Gasteiger partial charge in [-0.05, 0) is 53.4 Å². The van der Waals surface area contributed by atoms with E-state index >= 15 is 0 Å². The van der Waals surface area contributed by atoms with Crippen LogP contribution in [0.3, 0.4) is 0 Å². The van der Waals surface area contributed by atoms with E-state index in [0.29, 0.717) is 59.0 Å². The smallest absolute Gasteiger partial charge is 0.200 e.